The molecule has 0 aliphatic carbocycles. The molecule has 2 atom stereocenters. The normalized spacial score (nSPS) is 14.2. The number of rotatable bonds is 8. The van der Waals surface area contributed by atoms with E-state index in [9.17, 15) is 0 Å². The summed E-state index contributed by atoms with van der Waals surface area (Å²) in [6, 6.07) is 8.47. The number of ether oxygens (including phenoxy) is 2. The highest BCUT2D eigenvalue weighted by molar-refractivity contribution is 5.28. The highest BCUT2D eigenvalue weighted by Gasteiger charge is 2.15. The van der Waals surface area contributed by atoms with E-state index in [1.807, 2.05) is 24.3 Å². The maximum absolute atomic E-state index is 5.99. The Morgan fingerprint density at radius 3 is 2.67 bits per heavy atom. The summed E-state index contributed by atoms with van der Waals surface area (Å²) in [5, 5.41) is 3.44. The lowest BCUT2D eigenvalue weighted by atomic mass is 10.1. The molecule has 0 bridgehead atoms. The van der Waals surface area contributed by atoms with E-state index in [2.05, 4.69) is 26.1 Å². The summed E-state index contributed by atoms with van der Waals surface area (Å²) in [4.78, 5) is 0. The van der Waals surface area contributed by atoms with Gasteiger partial charge in [0.05, 0.1) is 6.61 Å². The van der Waals surface area contributed by atoms with E-state index < -0.39 is 0 Å². The minimum atomic E-state index is 0.160. The topological polar surface area (TPSA) is 30.5 Å². The van der Waals surface area contributed by atoms with Crippen LogP contribution in [0.25, 0.3) is 0 Å². The lowest BCUT2D eigenvalue weighted by Gasteiger charge is -2.24. The monoisotopic (exact) mass is 251 g/mol. The summed E-state index contributed by atoms with van der Waals surface area (Å²) in [6.45, 7) is 7.99. The van der Waals surface area contributed by atoms with Crippen molar-refractivity contribution < 1.29 is 9.47 Å². The molecule has 0 heterocycles. The maximum Gasteiger partial charge on any atom is 0.120 e. The maximum atomic E-state index is 5.99. The molecule has 18 heavy (non-hydrogen) atoms. The molecule has 1 aromatic carbocycles. The molecule has 1 N–H and O–H groups in total. The molecule has 2 unspecified atom stereocenters. The van der Waals surface area contributed by atoms with Crippen molar-refractivity contribution >= 4 is 0 Å². The molecule has 0 amide bonds. The third-order valence-electron chi connectivity index (χ3n) is 3.00. The van der Waals surface area contributed by atoms with Gasteiger partial charge < -0.3 is 14.8 Å². The molecule has 0 radical (unpaired) electrons. The molecule has 0 aromatic heterocycles. The van der Waals surface area contributed by atoms with Gasteiger partial charge >= 0.3 is 0 Å². The minimum Gasteiger partial charge on any atom is -0.489 e. The lowest BCUT2D eigenvalue weighted by molar-refractivity contribution is 0.166. The van der Waals surface area contributed by atoms with Gasteiger partial charge in [-0.1, -0.05) is 26.0 Å². The fraction of sp³-hybridized carbons (Fsp3) is 0.600. The predicted octanol–water partition coefficient (Wildman–Crippen LogP) is 2.99. The molecule has 1 rings (SSSR count). The fourth-order valence-electron chi connectivity index (χ4n) is 2.08. The average molecular weight is 251 g/mol. The van der Waals surface area contributed by atoms with Crippen LogP contribution in [0.2, 0.25) is 0 Å². The third kappa shape index (κ3) is 4.67. The molecular weight excluding hydrogens is 226 g/mol. The molecule has 0 spiro atoms. The standard InChI is InChI=1S/C15H25NO2/c1-5-15(16-6-2)12(3)18-14-9-7-8-13(10-14)11-17-4/h7-10,12,15-16H,5-6,11H2,1-4H3. The van der Waals surface area contributed by atoms with Crippen molar-refractivity contribution in [3.05, 3.63) is 29.8 Å². The van der Waals surface area contributed by atoms with Crippen molar-refractivity contribution in [2.45, 2.75) is 45.9 Å². The summed E-state index contributed by atoms with van der Waals surface area (Å²) in [7, 11) is 1.70. The van der Waals surface area contributed by atoms with Gasteiger partial charge in [0, 0.05) is 13.2 Å². The Kier molecular flexibility index (Phi) is 6.76. The van der Waals surface area contributed by atoms with Gasteiger partial charge in [-0.3, -0.25) is 0 Å². The van der Waals surface area contributed by atoms with Crippen molar-refractivity contribution in [3.63, 3.8) is 0 Å². The zero-order valence-electron chi connectivity index (χ0n) is 11.9. The van der Waals surface area contributed by atoms with Crippen molar-refractivity contribution in [1.82, 2.24) is 5.32 Å². The van der Waals surface area contributed by atoms with Crippen molar-refractivity contribution in [2.24, 2.45) is 0 Å². The van der Waals surface area contributed by atoms with E-state index in [0.717, 1.165) is 24.3 Å². The molecule has 1 aromatic rings. The van der Waals surface area contributed by atoms with Gasteiger partial charge in [-0.15, -0.1) is 0 Å². The summed E-state index contributed by atoms with van der Waals surface area (Å²) >= 11 is 0. The van der Waals surface area contributed by atoms with E-state index in [-0.39, 0.29) is 6.10 Å². The average Bonchev–Trinajstić information content (AvgIpc) is 2.36. The highest BCUT2D eigenvalue weighted by Crippen LogP contribution is 2.17. The molecule has 0 fully saturated rings. The van der Waals surface area contributed by atoms with Crippen LogP contribution < -0.4 is 10.1 Å². The number of likely N-dealkylation sites (N-methyl/N-ethyl adjacent to an activating group) is 1. The Morgan fingerprint density at radius 1 is 1.28 bits per heavy atom. The van der Waals surface area contributed by atoms with Crippen LogP contribution >= 0.6 is 0 Å². The van der Waals surface area contributed by atoms with Gasteiger partial charge in [-0.2, -0.15) is 0 Å². The number of benzene rings is 1. The third-order valence-corrected chi connectivity index (χ3v) is 3.00. The Labute approximate surface area is 110 Å². The summed E-state index contributed by atoms with van der Waals surface area (Å²) in [6.07, 6.45) is 1.22. The Balaban J connectivity index is 2.62. The van der Waals surface area contributed by atoms with Gasteiger partial charge in [0.2, 0.25) is 0 Å². The smallest absolute Gasteiger partial charge is 0.120 e. The first-order valence-electron chi connectivity index (χ1n) is 6.69. The largest absolute Gasteiger partial charge is 0.489 e. The van der Waals surface area contributed by atoms with Crippen LogP contribution in [0.4, 0.5) is 0 Å². The van der Waals surface area contributed by atoms with Crippen molar-refractivity contribution in [2.75, 3.05) is 13.7 Å². The molecule has 0 aliphatic heterocycles. The van der Waals surface area contributed by atoms with Crippen molar-refractivity contribution in [1.29, 1.82) is 0 Å². The minimum absolute atomic E-state index is 0.160. The second-order valence-corrected chi connectivity index (χ2v) is 4.48. The number of nitrogens with one attached hydrogen (secondary N) is 1. The van der Waals surface area contributed by atoms with Crippen LogP contribution in [0, 0.1) is 0 Å². The lowest BCUT2D eigenvalue weighted by Crippen LogP contribution is -2.40. The van der Waals surface area contributed by atoms with E-state index in [1.165, 1.54) is 0 Å². The second-order valence-electron chi connectivity index (χ2n) is 4.48. The van der Waals surface area contributed by atoms with E-state index >= 15 is 0 Å². The molecule has 3 nitrogen and oxygen atoms in total. The summed E-state index contributed by atoms with van der Waals surface area (Å²) in [5.74, 6) is 0.911. The van der Waals surface area contributed by atoms with Crippen LogP contribution in [0.5, 0.6) is 5.75 Å². The van der Waals surface area contributed by atoms with Gasteiger partial charge in [-0.05, 0) is 37.6 Å². The van der Waals surface area contributed by atoms with Crippen LogP contribution in [0.3, 0.4) is 0 Å². The Hall–Kier alpha value is -1.06. The first-order chi connectivity index (χ1) is 8.71. The number of hydrogen-bond donors (Lipinski definition) is 1. The van der Waals surface area contributed by atoms with Gasteiger partial charge in [0.15, 0.2) is 0 Å². The molecule has 0 aliphatic rings. The van der Waals surface area contributed by atoms with Crippen LogP contribution in [0.15, 0.2) is 24.3 Å². The summed E-state index contributed by atoms with van der Waals surface area (Å²) < 4.78 is 11.1. The number of hydrogen-bond acceptors (Lipinski definition) is 3. The Bertz CT molecular complexity index is 341. The Morgan fingerprint density at radius 2 is 2.06 bits per heavy atom. The zero-order valence-corrected chi connectivity index (χ0v) is 11.9. The first-order valence-corrected chi connectivity index (χ1v) is 6.69. The van der Waals surface area contributed by atoms with E-state index in [0.29, 0.717) is 12.6 Å². The first kappa shape index (κ1) is 15.0. The zero-order chi connectivity index (χ0) is 13.4. The van der Waals surface area contributed by atoms with Crippen LogP contribution in [-0.2, 0) is 11.3 Å². The van der Waals surface area contributed by atoms with Gasteiger partial charge in [0.1, 0.15) is 11.9 Å². The molecule has 0 saturated carbocycles. The quantitative estimate of drug-likeness (QED) is 0.770. The fourth-order valence-corrected chi connectivity index (χ4v) is 2.08. The molecule has 0 saturated heterocycles. The van der Waals surface area contributed by atoms with E-state index in [1.54, 1.807) is 7.11 Å². The highest BCUT2D eigenvalue weighted by atomic mass is 16.5. The van der Waals surface area contributed by atoms with E-state index in [4.69, 9.17) is 9.47 Å². The molecule has 3 heteroatoms. The van der Waals surface area contributed by atoms with Gasteiger partial charge in [0.25, 0.3) is 0 Å². The molecular formula is C15H25NO2. The summed E-state index contributed by atoms with van der Waals surface area (Å²) in [5.41, 5.74) is 1.14. The van der Waals surface area contributed by atoms with Crippen molar-refractivity contribution in [3.8, 4) is 5.75 Å². The van der Waals surface area contributed by atoms with Crippen LogP contribution in [-0.4, -0.2) is 25.8 Å². The van der Waals surface area contributed by atoms with Crippen LogP contribution in [0.1, 0.15) is 32.8 Å². The predicted molar refractivity (Wildman–Crippen MR) is 75.0 cm³/mol. The number of methoxy groups -OCH3 is 1. The van der Waals surface area contributed by atoms with Gasteiger partial charge in [-0.25, -0.2) is 0 Å². The molecule has 102 valence electrons. The SMILES string of the molecule is CCNC(CC)C(C)Oc1cccc(COC)c1. The second kappa shape index (κ2) is 8.11.